The van der Waals surface area contributed by atoms with Crippen LogP contribution in [0.4, 0.5) is 0 Å². The average molecular weight is 271 g/mol. The molecule has 4 N–H and O–H groups in total. The summed E-state index contributed by atoms with van der Waals surface area (Å²) in [6.45, 7) is 2.95. The number of ether oxygens (including phenoxy) is 1. The van der Waals surface area contributed by atoms with Crippen LogP contribution in [0.3, 0.4) is 0 Å². The number of hydrogen-bond acceptors (Lipinski definition) is 4. The molecule has 1 saturated carbocycles. The van der Waals surface area contributed by atoms with Gasteiger partial charge in [0.2, 0.25) is 11.8 Å². The van der Waals surface area contributed by atoms with Crippen LogP contribution < -0.4 is 16.4 Å². The largest absolute Gasteiger partial charge is 0.383 e. The van der Waals surface area contributed by atoms with E-state index in [9.17, 15) is 9.59 Å². The van der Waals surface area contributed by atoms with E-state index in [0.717, 1.165) is 19.3 Å². The lowest BCUT2D eigenvalue weighted by molar-refractivity contribution is -0.131. The van der Waals surface area contributed by atoms with Crippen molar-refractivity contribution >= 4 is 11.8 Å². The van der Waals surface area contributed by atoms with Crippen LogP contribution in [-0.4, -0.2) is 44.7 Å². The molecule has 110 valence electrons. The molecule has 1 rings (SSSR count). The van der Waals surface area contributed by atoms with Gasteiger partial charge in [0.25, 0.3) is 0 Å². The molecule has 0 aromatic rings. The first kappa shape index (κ1) is 15.9. The third-order valence-electron chi connectivity index (χ3n) is 3.63. The predicted octanol–water partition coefficient (Wildman–Crippen LogP) is -0.371. The summed E-state index contributed by atoms with van der Waals surface area (Å²) >= 11 is 0. The van der Waals surface area contributed by atoms with Crippen molar-refractivity contribution in [3.05, 3.63) is 0 Å². The molecule has 0 bridgehead atoms. The molecule has 1 fully saturated rings. The van der Waals surface area contributed by atoms with Crippen molar-refractivity contribution < 1.29 is 14.3 Å². The summed E-state index contributed by atoms with van der Waals surface area (Å²) in [5.41, 5.74) is 6.00. The summed E-state index contributed by atoms with van der Waals surface area (Å²) in [6.07, 6.45) is 2.97. The topological polar surface area (TPSA) is 93.5 Å². The van der Waals surface area contributed by atoms with E-state index in [-0.39, 0.29) is 36.2 Å². The second-order valence-corrected chi connectivity index (χ2v) is 5.16. The van der Waals surface area contributed by atoms with E-state index < -0.39 is 0 Å². The van der Waals surface area contributed by atoms with Crippen LogP contribution in [0.2, 0.25) is 0 Å². The minimum atomic E-state index is -0.206. The Morgan fingerprint density at radius 3 is 2.68 bits per heavy atom. The van der Waals surface area contributed by atoms with E-state index in [0.29, 0.717) is 13.2 Å². The molecule has 1 aliphatic rings. The molecule has 3 unspecified atom stereocenters. The lowest BCUT2D eigenvalue weighted by Gasteiger charge is -2.33. The highest BCUT2D eigenvalue weighted by molar-refractivity contribution is 5.86. The van der Waals surface area contributed by atoms with Gasteiger partial charge in [-0.25, -0.2) is 0 Å². The Morgan fingerprint density at radius 2 is 2.05 bits per heavy atom. The van der Waals surface area contributed by atoms with Gasteiger partial charge in [0.05, 0.1) is 19.1 Å². The summed E-state index contributed by atoms with van der Waals surface area (Å²) in [7, 11) is 1.57. The molecule has 0 saturated heterocycles. The molecule has 0 aromatic heterocycles. The minimum absolute atomic E-state index is 0.00150. The van der Waals surface area contributed by atoms with Crippen LogP contribution in [-0.2, 0) is 14.3 Å². The standard InChI is InChI=1S/C13H25N3O3/c1-9-4-3-5-10(14)12(9)13(18)16-8-11(17)15-6-7-19-2/h9-10,12H,3-8,14H2,1-2H3,(H,15,17)(H,16,18). The molecule has 3 atom stereocenters. The van der Waals surface area contributed by atoms with Crippen LogP contribution in [0.1, 0.15) is 26.2 Å². The maximum Gasteiger partial charge on any atom is 0.239 e. The van der Waals surface area contributed by atoms with Gasteiger partial charge in [-0.1, -0.05) is 13.3 Å². The monoisotopic (exact) mass is 271 g/mol. The third-order valence-corrected chi connectivity index (χ3v) is 3.63. The van der Waals surface area contributed by atoms with Crippen LogP contribution in [0.5, 0.6) is 0 Å². The fourth-order valence-electron chi connectivity index (χ4n) is 2.55. The molecule has 6 heteroatoms. The Bertz CT molecular complexity index is 300. The maximum atomic E-state index is 12.1. The van der Waals surface area contributed by atoms with Gasteiger partial charge >= 0.3 is 0 Å². The third kappa shape index (κ3) is 5.16. The Morgan fingerprint density at radius 1 is 1.32 bits per heavy atom. The van der Waals surface area contributed by atoms with Crippen LogP contribution in [0.25, 0.3) is 0 Å². The molecule has 0 spiro atoms. The van der Waals surface area contributed by atoms with E-state index in [2.05, 4.69) is 10.6 Å². The van der Waals surface area contributed by atoms with Crippen LogP contribution in [0, 0.1) is 11.8 Å². The SMILES string of the molecule is COCCNC(=O)CNC(=O)C1C(C)CCCC1N. The molecular weight excluding hydrogens is 246 g/mol. The second kappa shape index (κ2) is 8.12. The molecule has 2 amide bonds. The smallest absolute Gasteiger partial charge is 0.239 e. The summed E-state index contributed by atoms with van der Waals surface area (Å²) in [5, 5.41) is 5.32. The van der Waals surface area contributed by atoms with Gasteiger partial charge in [-0.15, -0.1) is 0 Å². The van der Waals surface area contributed by atoms with Gasteiger partial charge in [-0.05, 0) is 18.8 Å². The van der Waals surface area contributed by atoms with Gasteiger partial charge in [-0.2, -0.15) is 0 Å². The van der Waals surface area contributed by atoms with Crippen molar-refractivity contribution in [3.8, 4) is 0 Å². The molecule has 0 heterocycles. The lowest BCUT2D eigenvalue weighted by atomic mass is 9.76. The number of hydrogen-bond donors (Lipinski definition) is 3. The van der Waals surface area contributed by atoms with Gasteiger partial charge < -0.3 is 21.1 Å². The average Bonchev–Trinajstić information content (AvgIpc) is 2.36. The minimum Gasteiger partial charge on any atom is -0.383 e. The first-order valence-corrected chi connectivity index (χ1v) is 6.85. The van der Waals surface area contributed by atoms with Crippen molar-refractivity contribution in [2.24, 2.45) is 17.6 Å². The molecule has 0 aliphatic heterocycles. The first-order chi connectivity index (χ1) is 9.06. The Hall–Kier alpha value is -1.14. The summed E-state index contributed by atoms with van der Waals surface area (Å²) < 4.78 is 4.82. The summed E-state index contributed by atoms with van der Waals surface area (Å²) in [5.74, 6) is -0.218. The van der Waals surface area contributed by atoms with Crippen molar-refractivity contribution in [2.75, 3.05) is 26.8 Å². The number of carbonyl (C=O) groups excluding carboxylic acids is 2. The number of rotatable bonds is 6. The highest BCUT2D eigenvalue weighted by Crippen LogP contribution is 2.28. The van der Waals surface area contributed by atoms with Gasteiger partial charge in [-0.3, -0.25) is 9.59 Å². The number of amides is 2. The Balaban J connectivity index is 2.31. The fourth-order valence-corrected chi connectivity index (χ4v) is 2.55. The highest BCUT2D eigenvalue weighted by atomic mass is 16.5. The lowest BCUT2D eigenvalue weighted by Crippen LogP contribution is -2.49. The van der Waals surface area contributed by atoms with Crippen molar-refractivity contribution in [1.82, 2.24) is 10.6 Å². The van der Waals surface area contributed by atoms with E-state index in [4.69, 9.17) is 10.5 Å². The maximum absolute atomic E-state index is 12.1. The highest BCUT2D eigenvalue weighted by Gasteiger charge is 2.33. The quantitative estimate of drug-likeness (QED) is 0.575. The number of nitrogens with two attached hydrogens (primary N) is 1. The van der Waals surface area contributed by atoms with E-state index in [1.165, 1.54) is 0 Å². The van der Waals surface area contributed by atoms with E-state index >= 15 is 0 Å². The molecule has 19 heavy (non-hydrogen) atoms. The molecule has 6 nitrogen and oxygen atoms in total. The van der Waals surface area contributed by atoms with Crippen LogP contribution in [0.15, 0.2) is 0 Å². The van der Waals surface area contributed by atoms with E-state index in [1.807, 2.05) is 6.92 Å². The molecule has 1 aliphatic carbocycles. The number of nitrogens with one attached hydrogen (secondary N) is 2. The fraction of sp³-hybridized carbons (Fsp3) is 0.846. The van der Waals surface area contributed by atoms with Crippen molar-refractivity contribution in [2.45, 2.75) is 32.2 Å². The molecule has 0 aromatic carbocycles. The van der Waals surface area contributed by atoms with E-state index in [1.54, 1.807) is 7.11 Å². The van der Waals surface area contributed by atoms with Crippen molar-refractivity contribution in [1.29, 1.82) is 0 Å². The zero-order valence-corrected chi connectivity index (χ0v) is 11.8. The Labute approximate surface area is 114 Å². The van der Waals surface area contributed by atoms with Crippen molar-refractivity contribution in [3.63, 3.8) is 0 Å². The summed E-state index contributed by atoms with van der Waals surface area (Å²) in [6, 6.07) is -0.0969. The first-order valence-electron chi connectivity index (χ1n) is 6.85. The molecule has 0 radical (unpaired) electrons. The summed E-state index contributed by atoms with van der Waals surface area (Å²) in [4.78, 5) is 23.5. The zero-order valence-electron chi connectivity index (χ0n) is 11.8. The van der Waals surface area contributed by atoms with Crippen LogP contribution >= 0.6 is 0 Å². The second-order valence-electron chi connectivity index (χ2n) is 5.16. The Kier molecular flexibility index (Phi) is 6.80. The zero-order chi connectivity index (χ0) is 14.3. The predicted molar refractivity (Wildman–Crippen MR) is 72.4 cm³/mol. The number of carbonyl (C=O) groups is 2. The van der Waals surface area contributed by atoms with Gasteiger partial charge in [0, 0.05) is 19.7 Å². The van der Waals surface area contributed by atoms with Gasteiger partial charge in [0.1, 0.15) is 0 Å². The van der Waals surface area contributed by atoms with Gasteiger partial charge in [0.15, 0.2) is 0 Å². The molecular formula is C13H25N3O3. The normalized spacial score (nSPS) is 26.8. The number of methoxy groups -OCH3 is 1.